The third-order valence-electron chi connectivity index (χ3n) is 1.65. The summed E-state index contributed by atoms with van der Waals surface area (Å²) in [5, 5.41) is 0. The van der Waals surface area contributed by atoms with Crippen LogP contribution < -0.4 is 10.9 Å². The molecule has 0 bridgehead atoms. The van der Waals surface area contributed by atoms with E-state index in [1.54, 1.807) is 6.20 Å². The Hall–Kier alpha value is -1.32. The normalized spacial score (nSPS) is 28.6. The first-order valence-electron chi connectivity index (χ1n) is 3.16. The van der Waals surface area contributed by atoms with Crippen LogP contribution in [0.4, 0.5) is 0 Å². The minimum atomic E-state index is -0.0648. The lowest BCUT2D eigenvalue weighted by atomic mass is 10.0. The van der Waals surface area contributed by atoms with Gasteiger partial charge in [-0.05, 0) is 6.42 Å². The molecule has 2 N–H and O–H groups in total. The maximum Gasteiger partial charge on any atom is 0.249 e. The van der Waals surface area contributed by atoms with Crippen LogP contribution in [0.3, 0.4) is 0 Å². The quantitative estimate of drug-likeness (QED) is 0.475. The summed E-state index contributed by atoms with van der Waals surface area (Å²) < 4.78 is 0. The number of nitrogens with zero attached hydrogens (tertiary/aromatic N) is 1. The third kappa shape index (κ3) is 0.618. The zero-order valence-electron chi connectivity index (χ0n) is 5.29. The molecule has 0 radical (unpaired) electrons. The Kier molecular flexibility index (Phi) is 1.00. The summed E-state index contributed by atoms with van der Waals surface area (Å²) in [6.07, 6.45) is 4.36. The molecule has 1 amide bonds. The molecule has 1 saturated heterocycles. The maximum absolute atomic E-state index is 10.9. The Morgan fingerprint density at radius 3 is 3.30 bits per heavy atom. The largest absolute Gasteiger partial charge is 0.285 e. The first kappa shape index (κ1) is 5.46. The minimum absolute atomic E-state index is 0.0168. The molecule has 4 nitrogen and oxygen atoms in total. The summed E-state index contributed by atoms with van der Waals surface area (Å²) >= 11 is 0. The van der Waals surface area contributed by atoms with Gasteiger partial charge in [-0.15, -0.1) is 0 Å². The van der Waals surface area contributed by atoms with E-state index in [1.165, 1.54) is 0 Å². The van der Waals surface area contributed by atoms with E-state index in [2.05, 4.69) is 15.8 Å². The predicted molar refractivity (Wildman–Crippen MR) is 36.0 cm³/mol. The smallest absolute Gasteiger partial charge is 0.249 e. The van der Waals surface area contributed by atoms with Gasteiger partial charge in [0.15, 0.2) is 0 Å². The van der Waals surface area contributed by atoms with Crippen LogP contribution in [0, 0.1) is 5.92 Å². The van der Waals surface area contributed by atoms with Crippen molar-refractivity contribution in [2.75, 3.05) is 0 Å². The zero-order valence-corrected chi connectivity index (χ0v) is 5.29. The van der Waals surface area contributed by atoms with Crippen LogP contribution in [0.25, 0.3) is 0 Å². The van der Waals surface area contributed by atoms with Crippen molar-refractivity contribution >= 4 is 11.7 Å². The molecule has 2 heterocycles. The average molecular weight is 137 g/mol. The number of nitrogens with one attached hydrogen (secondary N) is 2. The first-order valence-corrected chi connectivity index (χ1v) is 3.16. The summed E-state index contributed by atoms with van der Waals surface area (Å²) in [6, 6.07) is 0. The van der Waals surface area contributed by atoms with E-state index in [1.807, 2.05) is 6.08 Å². The number of fused-ring (bicyclic) bond motifs is 1. The number of amides is 1. The molecule has 52 valence electrons. The maximum atomic E-state index is 10.9. The number of carbonyl (C=O) groups is 1. The number of allylic oxidation sites excluding steroid dienone is 1. The van der Waals surface area contributed by atoms with Gasteiger partial charge >= 0.3 is 0 Å². The SMILES string of the molecule is O=C1NNC2=NC=CCC12. The van der Waals surface area contributed by atoms with Crippen molar-refractivity contribution < 1.29 is 4.79 Å². The Bertz CT molecular complexity index is 231. The lowest BCUT2D eigenvalue weighted by Gasteiger charge is -2.05. The average Bonchev–Trinajstić information content (AvgIpc) is 2.34. The van der Waals surface area contributed by atoms with Gasteiger partial charge in [-0.1, -0.05) is 6.08 Å². The van der Waals surface area contributed by atoms with Gasteiger partial charge in [0.2, 0.25) is 5.91 Å². The Morgan fingerprint density at radius 1 is 1.60 bits per heavy atom. The molecule has 1 unspecified atom stereocenters. The van der Waals surface area contributed by atoms with E-state index < -0.39 is 0 Å². The van der Waals surface area contributed by atoms with Crippen molar-refractivity contribution in [2.45, 2.75) is 6.42 Å². The molecule has 2 aliphatic heterocycles. The van der Waals surface area contributed by atoms with Crippen molar-refractivity contribution in [3.8, 4) is 0 Å². The topological polar surface area (TPSA) is 53.5 Å². The van der Waals surface area contributed by atoms with Crippen LogP contribution in [0.15, 0.2) is 17.3 Å². The van der Waals surface area contributed by atoms with E-state index in [4.69, 9.17) is 0 Å². The highest BCUT2D eigenvalue weighted by Gasteiger charge is 2.30. The van der Waals surface area contributed by atoms with Crippen molar-refractivity contribution in [2.24, 2.45) is 10.9 Å². The monoisotopic (exact) mass is 137 g/mol. The predicted octanol–water partition coefficient (Wildman–Crippen LogP) is -0.447. The highest BCUT2D eigenvalue weighted by atomic mass is 16.2. The first-order chi connectivity index (χ1) is 4.88. The van der Waals surface area contributed by atoms with Crippen LogP contribution in [-0.2, 0) is 4.79 Å². The highest BCUT2D eigenvalue weighted by Crippen LogP contribution is 2.13. The standard InChI is InChI=1S/C6H7N3O/c10-6-4-2-1-3-7-5(4)8-9-6/h1,3-4H,2H2,(H,7,8)(H,9,10). The number of hydrogen-bond donors (Lipinski definition) is 2. The van der Waals surface area contributed by atoms with Gasteiger partial charge in [0.25, 0.3) is 0 Å². The number of hydrogen-bond acceptors (Lipinski definition) is 3. The second-order valence-corrected chi connectivity index (χ2v) is 2.30. The Labute approximate surface area is 58.0 Å². The number of hydrazine groups is 1. The molecular weight excluding hydrogens is 130 g/mol. The fourth-order valence-corrected chi connectivity index (χ4v) is 1.09. The van der Waals surface area contributed by atoms with E-state index in [0.29, 0.717) is 0 Å². The molecule has 0 spiro atoms. The van der Waals surface area contributed by atoms with Gasteiger partial charge in [0.1, 0.15) is 11.8 Å². The molecule has 0 aromatic rings. The number of aliphatic imine (C=N–C) groups is 1. The summed E-state index contributed by atoms with van der Waals surface area (Å²) in [7, 11) is 0. The number of carbonyl (C=O) groups excluding carboxylic acids is 1. The fraction of sp³-hybridized carbons (Fsp3) is 0.333. The highest BCUT2D eigenvalue weighted by molar-refractivity contribution is 6.08. The summed E-state index contributed by atoms with van der Waals surface area (Å²) in [5.74, 6) is 0.695. The number of rotatable bonds is 0. The van der Waals surface area contributed by atoms with Crippen LogP contribution in [-0.4, -0.2) is 11.7 Å². The van der Waals surface area contributed by atoms with E-state index in [0.717, 1.165) is 12.3 Å². The molecule has 0 aliphatic carbocycles. The lowest BCUT2D eigenvalue weighted by molar-refractivity contribution is -0.122. The molecule has 10 heavy (non-hydrogen) atoms. The minimum Gasteiger partial charge on any atom is -0.285 e. The van der Waals surface area contributed by atoms with Gasteiger partial charge in [-0.25, -0.2) is 4.99 Å². The number of amidine groups is 1. The third-order valence-corrected chi connectivity index (χ3v) is 1.65. The molecule has 0 aromatic carbocycles. The van der Waals surface area contributed by atoms with Gasteiger partial charge in [-0.3, -0.25) is 15.6 Å². The van der Waals surface area contributed by atoms with Crippen LogP contribution in [0.5, 0.6) is 0 Å². The summed E-state index contributed by atoms with van der Waals surface area (Å²) in [6.45, 7) is 0. The van der Waals surface area contributed by atoms with Crippen molar-refractivity contribution in [1.82, 2.24) is 10.9 Å². The molecule has 0 saturated carbocycles. The molecule has 4 heteroatoms. The van der Waals surface area contributed by atoms with Gasteiger partial charge in [-0.2, -0.15) is 0 Å². The molecule has 1 fully saturated rings. The second-order valence-electron chi connectivity index (χ2n) is 2.30. The summed E-state index contributed by atoms with van der Waals surface area (Å²) in [4.78, 5) is 14.9. The Morgan fingerprint density at radius 2 is 2.50 bits per heavy atom. The molecule has 2 aliphatic rings. The molecule has 0 aromatic heterocycles. The summed E-state index contributed by atoms with van der Waals surface area (Å²) in [5.41, 5.74) is 5.21. The van der Waals surface area contributed by atoms with Crippen LogP contribution in [0.1, 0.15) is 6.42 Å². The van der Waals surface area contributed by atoms with Gasteiger partial charge in [0, 0.05) is 6.20 Å². The second kappa shape index (κ2) is 1.83. The molecular formula is C6H7N3O. The van der Waals surface area contributed by atoms with Crippen molar-refractivity contribution in [1.29, 1.82) is 0 Å². The van der Waals surface area contributed by atoms with Crippen molar-refractivity contribution in [3.05, 3.63) is 12.3 Å². The lowest BCUT2D eigenvalue weighted by Crippen LogP contribution is -2.28. The molecule has 2 rings (SSSR count). The van der Waals surface area contributed by atoms with Crippen LogP contribution in [0.2, 0.25) is 0 Å². The van der Waals surface area contributed by atoms with E-state index in [-0.39, 0.29) is 11.8 Å². The van der Waals surface area contributed by atoms with E-state index >= 15 is 0 Å². The van der Waals surface area contributed by atoms with Gasteiger partial charge < -0.3 is 0 Å². The fourth-order valence-electron chi connectivity index (χ4n) is 1.09. The Balaban J connectivity index is 2.31. The van der Waals surface area contributed by atoms with E-state index in [9.17, 15) is 4.79 Å². The van der Waals surface area contributed by atoms with Gasteiger partial charge in [0.05, 0.1) is 0 Å². The molecule has 1 atom stereocenters. The van der Waals surface area contributed by atoms with Crippen molar-refractivity contribution in [3.63, 3.8) is 0 Å². The zero-order chi connectivity index (χ0) is 6.97. The van der Waals surface area contributed by atoms with Crippen LogP contribution >= 0.6 is 0 Å².